The van der Waals surface area contributed by atoms with Crippen LogP contribution in [0.4, 0.5) is 0 Å². The number of hydrogen-bond acceptors (Lipinski definition) is 4. The molecule has 76 valence electrons. The minimum absolute atomic E-state index is 0.0755. The fraction of sp³-hybridized carbons (Fsp3) is 0.600. The number of Topliss-reactive ketones (excluding diaryl/α,β-unsaturated/α-hetero) is 1. The van der Waals surface area contributed by atoms with Crippen LogP contribution in [0.15, 0.2) is 5.38 Å². The van der Waals surface area contributed by atoms with Gasteiger partial charge < -0.3 is 0 Å². The molecule has 2 heterocycles. The Balaban J connectivity index is 1.98. The molecular formula is C10H13NOS2. The third kappa shape index (κ3) is 2.36. The minimum Gasteiger partial charge on any atom is -0.293 e. The van der Waals surface area contributed by atoms with Gasteiger partial charge in [0.1, 0.15) is 5.69 Å². The van der Waals surface area contributed by atoms with Crippen LogP contribution in [-0.4, -0.2) is 21.8 Å². The van der Waals surface area contributed by atoms with E-state index in [9.17, 15) is 4.79 Å². The fourth-order valence-corrected chi connectivity index (χ4v) is 3.86. The minimum atomic E-state index is 0.0755. The number of hydrogen-bond donors (Lipinski definition) is 0. The average Bonchev–Trinajstić information content (AvgIpc) is 2.75. The first-order valence-electron chi connectivity index (χ1n) is 4.82. The van der Waals surface area contributed by atoms with E-state index in [-0.39, 0.29) is 5.78 Å². The molecule has 1 aromatic heterocycles. The van der Waals surface area contributed by atoms with Crippen molar-refractivity contribution in [2.75, 3.05) is 5.75 Å². The highest BCUT2D eigenvalue weighted by atomic mass is 32.2. The van der Waals surface area contributed by atoms with E-state index in [2.05, 4.69) is 4.98 Å². The smallest absolute Gasteiger partial charge is 0.178 e. The third-order valence-electron chi connectivity index (χ3n) is 2.34. The van der Waals surface area contributed by atoms with Crippen LogP contribution < -0.4 is 0 Å². The molecule has 1 atom stereocenters. The highest BCUT2D eigenvalue weighted by molar-refractivity contribution is 8.00. The molecule has 1 fully saturated rings. The summed E-state index contributed by atoms with van der Waals surface area (Å²) in [5, 5.41) is 3.73. The maximum Gasteiger partial charge on any atom is 0.178 e. The fourth-order valence-electron chi connectivity index (χ4n) is 1.57. The van der Waals surface area contributed by atoms with Gasteiger partial charge in [-0.15, -0.1) is 11.3 Å². The molecule has 0 bridgehead atoms. The molecule has 0 saturated carbocycles. The largest absolute Gasteiger partial charge is 0.293 e. The predicted octanol–water partition coefficient (Wildman–Crippen LogP) is 2.78. The zero-order valence-electron chi connectivity index (χ0n) is 8.16. The lowest BCUT2D eigenvalue weighted by Gasteiger charge is -2.03. The summed E-state index contributed by atoms with van der Waals surface area (Å²) in [6.45, 7) is 1.57. The molecule has 1 unspecified atom stereocenters. The Morgan fingerprint density at radius 3 is 3.14 bits per heavy atom. The number of aromatic nitrogens is 1. The number of carbonyl (C=O) groups excluding carboxylic acids is 1. The lowest BCUT2D eigenvalue weighted by molar-refractivity contribution is 0.101. The molecule has 2 rings (SSSR count). The number of thioether (sulfide) groups is 1. The first-order valence-corrected chi connectivity index (χ1v) is 6.75. The third-order valence-corrected chi connectivity index (χ3v) is 4.61. The number of rotatable bonds is 3. The standard InChI is InChI=1S/C10H13NOS2/c1-7(12)9-6-14-10(11-9)5-8-3-2-4-13-8/h6,8H,2-5H2,1H3. The SMILES string of the molecule is CC(=O)c1csc(CC2CCCS2)n1. The normalized spacial score (nSPS) is 21.4. The first kappa shape index (κ1) is 10.2. The zero-order chi connectivity index (χ0) is 9.97. The average molecular weight is 227 g/mol. The van der Waals surface area contributed by atoms with Crippen molar-refractivity contribution in [2.24, 2.45) is 0 Å². The van der Waals surface area contributed by atoms with Crippen molar-refractivity contribution in [2.45, 2.75) is 31.4 Å². The predicted molar refractivity (Wildman–Crippen MR) is 61.3 cm³/mol. The quantitative estimate of drug-likeness (QED) is 0.744. The molecule has 1 aromatic rings. The van der Waals surface area contributed by atoms with E-state index in [0.29, 0.717) is 5.69 Å². The van der Waals surface area contributed by atoms with Gasteiger partial charge in [-0.2, -0.15) is 11.8 Å². The van der Waals surface area contributed by atoms with Gasteiger partial charge in [-0.25, -0.2) is 4.98 Å². The van der Waals surface area contributed by atoms with Gasteiger partial charge in [0, 0.05) is 24.0 Å². The Bertz CT molecular complexity index is 329. The van der Waals surface area contributed by atoms with E-state index in [1.165, 1.54) is 18.6 Å². The Hall–Kier alpha value is -0.350. The molecule has 0 radical (unpaired) electrons. The monoisotopic (exact) mass is 227 g/mol. The number of thiazole rings is 1. The molecule has 1 aliphatic heterocycles. The van der Waals surface area contributed by atoms with E-state index in [1.54, 1.807) is 18.3 Å². The summed E-state index contributed by atoms with van der Waals surface area (Å²) in [5.41, 5.74) is 0.632. The summed E-state index contributed by atoms with van der Waals surface area (Å²) >= 11 is 3.66. The highest BCUT2D eigenvalue weighted by Gasteiger charge is 2.17. The van der Waals surface area contributed by atoms with E-state index < -0.39 is 0 Å². The maximum absolute atomic E-state index is 11.0. The number of nitrogens with zero attached hydrogens (tertiary/aromatic N) is 1. The van der Waals surface area contributed by atoms with Gasteiger partial charge in [-0.3, -0.25) is 4.79 Å². The Morgan fingerprint density at radius 1 is 1.71 bits per heavy atom. The molecule has 0 aliphatic carbocycles. The Morgan fingerprint density at radius 2 is 2.57 bits per heavy atom. The van der Waals surface area contributed by atoms with Gasteiger partial charge in [0.15, 0.2) is 5.78 Å². The first-order chi connectivity index (χ1) is 6.75. The van der Waals surface area contributed by atoms with Gasteiger partial charge >= 0.3 is 0 Å². The summed E-state index contributed by atoms with van der Waals surface area (Å²) in [5.74, 6) is 1.36. The van der Waals surface area contributed by atoms with E-state index in [4.69, 9.17) is 0 Å². The van der Waals surface area contributed by atoms with Crippen LogP contribution in [0, 0.1) is 0 Å². The van der Waals surface area contributed by atoms with E-state index >= 15 is 0 Å². The van der Waals surface area contributed by atoms with Gasteiger partial charge in [0.05, 0.1) is 5.01 Å². The van der Waals surface area contributed by atoms with Crippen molar-refractivity contribution < 1.29 is 4.79 Å². The molecule has 1 aliphatic rings. The van der Waals surface area contributed by atoms with Crippen molar-refractivity contribution in [1.82, 2.24) is 4.98 Å². The molecule has 4 heteroatoms. The number of ketones is 1. The van der Waals surface area contributed by atoms with Gasteiger partial charge in [0.2, 0.25) is 0 Å². The van der Waals surface area contributed by atoms with Gasteiger partial charge in [-0.1, -0.05) is 0 Å². The molecule has 2 nitrogen and oxygen atoms in total. The molecule has 14 heavy (non-hydrogen) atoms. The van der Waals surface area contributed by atoms with Crippen LogP contribution >= 0.6 is 23.1 Å². The van der Waals surface area contributed by atoms with Crippen LogP contribution in [0.5, 0.6) is 0 Å². The van der Waals surface area contributed by atoms with Crippen molar-refractivity contribution >= 4 is 28.9 Å². The van der Waals surface area contributed by atoms with Crippen molar-refractivity contribution in [1.29, 1.82) is 0 Å². The van der Waals surface area contributed by atoms with Crippen molar-refractivity contribution in [3.63, 3.8) is 0 Å². The lowest BCUT2D eigenvalue weighted by Crippen LogP contribution is -2.02. The van der Waals surface area contributed by atoms with Crippen LogP contribution in [0.3, 0.4) is 0 Å². The van der Waals surface area contributed by atoms with Crippen LogP contribution in [0.25, 0.3) is 0 Å². The summed E-state index contributed by atoms with van der Waals surface area (Å²) in [4.78, 5) is 15.4. The summed E-state index contributed by atoms with van der Waals surface area (Å²) in [6, 6.07) is 0. The summed E-state index contributed by atoms with van der Waals surface area (Å²) in [6.07, 6.45) is 3.68. The van der Waals surface area contributed by atoms with Gasteiger partial charge in [0.25, 0.3) is 0 Å². The second-order valence-electron chi connectivity index (χ2n) is 3.52. The topological polar surface area (TPSA) is 30.0 Å². The van der Waals surface area contributed by atoms with Gasteiger partial charge in [-0.05, 0) is 18.6 Å². The molecule has 0 amide bonds. The van der Waals surface area contributed by atoms with Crippen LogP contribution in [0.1, 0.15) is 35.3 Å². The van der Waals surface area contributed by atoms with Crippen LogP contribution in [0.2, 0.25) is 0 Å². The summed E-state index contributed by atoms with van der Waals surface area (Å²) in [7, 11) is 0. The highest BCUT2D eigenvalue weighted by Crippen LogP contribution is 2.29. The van der Waals surface area contributed by atoms with Crippen LogP contribution in [-0.2, 0) is 6.42 Å². The number of carbonyl (C=O) groups is 1. The summed E-state index contributed by atoms with van der Waals surface area (Å²) < 4.78 is 0. The molecule has 0 N–H and O–H groups in total. The van der Waals surface area contributed by atoms with Crippen molar-refractivity contribution in [3.05, 3.63) is 16.1 Å². The lowest BCUT2D eigenvalue weighted by atomic mass is 10.2. The van der Waals surface area contributed by atoms with Crippen molar-refractivity contribution in [3.8, 4) is 0 Å². The molecular weight excluding hydrogens is 214 g/mol. The van der Waals surface area contributed by atoms with E-state index in [0.717, 1.165) is 16.7 Å². The maximum atomic E-state index is 11.0. The second-order valence-corrected chi connectivity index (χ2v) is 5.87. The molecule has 1 saturated heterocycles. The van der Waals surface area contributed by atoms with E-state index in [1.807, 2.05) is 17.1 Å². The Kier molecular flexibility index (Phi) is 3.23. The Labute approximate surface area is 92.1 Å². The molecule has 0 aromatic carbocycles. The zero-order valence-corrected chi connectivity index (χ0v) is 9.79. The second kappa shape index (κ2) is 4.45. The molecule has 0 spiro atoms.